The first-order valence-electron chi connectivity index (χ1n) is 7.19. The van der Waals surface area contributed by atoms with Gasteiger partial charge in [0.2, 0.25) is 10.0 Å². The third-order valence-corrected chi connectivity index (χ3v) is 6.23. The summed E-state index contributed by atoms with van der Waals surface area (Å²) >= 11 is 3.26. The van der Waals surface area contributed by atoms with Crippen LogP contribution in [-0.2, 0) is 10.0 Å². The zero-order chi connectivity index (χ0) is 15.5. The third-order valence-electron chi connectivity index (χ3n) is 3.83. The fourth-order valence-corrected chi connectivity index (χ4v) is 4.75. The second-order valence-corrected chi connectivity index (χ2v) is 8.08. The van der Waals surface area contributed by atoms with Crippen LogP contribution in [0, 0.1) is 0 Å². The van der Waals surface area contributed by atoms with Gasteiger partial charge in [-0.25, -0.2) is 13.1 Å². The number of piperidine rings is 1. The maximum absolute atomic E-state index is 12.4. The third kappa shape index (κ3) is 4.42. The minimum Gasteiger partial charge on any atom is -0.399 e. The zero-order valence-electron chi connectivity index (χ0n) is 12.2. The topological polar surface area (TPSA) is 75.4 Å². The summed E-state index contributed by atoms with van der Waals surface area (Å²) in [5.41, 5.74) is 6.17. The maximum atomic E-state index is 12.4. The number of nitrogen functional groups attached to an aromatic ring is 1. The summed E-state index contributed by atoms with van der Waals surface area (Å²) in [6.45, 7) is 4.58. The van der Waals surface area contributed by atoms with Crippen molar-refractivity contribution < 1.29 is 8.42 Å². The van der Waals surface area contributed by atoms with Crippen molar-refractivity contribution in [2.24, 2.45) is 0 Å². The van der Waals surface area contributed by atoms with Gasteiger partial charge in [0.15, 0.2) is 0 Å². The zero-order valence-corrected chi connectivity index (χ0v) is 14.6. The smallest absolute Gasteiger partial charge is 0.241 e. The van der Waals surface area contributed by atoms with Crippen LogP contribution in [0.15, 0.2) is 27.6 Å². The van der Waals surface area contributed by atoms with Gasteiger partial charge >= 0.3 is 0 Å². The van der Waals surface area contributed by atoms with E-state index in [0.717, 1.165) is 13.1 Å². The molecule has 7 heteroatoms. The van der Waals surface area contributed by atoms with Gasteiger partial charge in [-0.05, 0) is 67.0 Å². The van der Waals surface area contributed by atoms with Crippen LogP contribution in [0.2, 0.25) is 0 Å². The van der Waals surface area contributed by atoms with Crippen LogP contribution < -0.4 is 10.5 Å². The predicted octanol–water partition coefficient (Wildman–Crippen LogP) is 2.18. The minimum absolute atomic E-state index is 0.202. The molecule has 2 rings (SSSR count). The normalized spacial score (nSPS) is 18.6. The highest BCUT2D eigenvalue weighted by molar-refractivity contribution is 9.10. The highest BCUT2D eigenvalue weighted by Crippen LogP contribution is 2.24. The van der Waals surface area contributed by atoms with E-state index >= 15 is 0 Å². The van der Waals surface area contributed by atoms with Gasteiger partial charge in [-0.2, -0.15) is 0 Å². The van der Waals surface area contributed by atoms with Gasteiger partial charge < -0.3 is 5.73 Å². The van der Waals surface area contributed by atoms with Gasteiger partial charge in [0.1, 0.15) is 0 Å². The molecule has 1 aliphatic rings. The van der Waals surface area contributed by atoms with Crippen molar-refractivity contribution in [3.05, 3.63) is 22.7 Å². The van der Waals surface area contributed by atoms with Crippen LogP contribution in [0.3, 0.4) is 0 Å². The van der Waals surface area contributed by atoms with Crippen molar-refractivity contribution in [2.75, 3.05) is 25.4 Å². The molecular formula is C14H22BrN3O2S. The van der Waals surface area contributed by atoms with Gasteiger partial charge in [-0.15, -0.1) is 0 Å². The molecule has 1 aromatic rings. The Morgan fingerprint density at radius 3 is 2.62 bits per heavy atom. The van der Waals surface area contributed by atoms with E-state index in [1.807, 2.05) is 0 Å². The van der Waals surface area contributed by atoms with Crippen molar-refractivity contribution >= 4 is 31.6 Å². The van der Waals surface area contributed by atoms with Gasteiger partial charge in [-0.3, -0.25) is 4.90 Å². The Morgan fingerprint density at radius 1 is 1.33 bits per heavy atom. The molecule has 0 radical (unpaired) electrons. The second kappa shape index (κ2) is 7.09. The number of nitrogens with two attached hydrogens (primary N) is 1. The number of benzene rings is 1. The first-order valence-corrected chi connectivity index (χ1v) is 9.46. The van der Waals surface area contributed by atoms with Gasteiger partial charge in [0.05, 0.1) is 4.90 Å². The van der Waals surface area contributed by atoms with E-state index in [1.54, 1.807) is 12.1 Å². The lowest BCUT2D eigenvalue weighted by Gasteiger charge is -2.32. The van der Waals surface area contributed by atoms with Crippen molar-refractivity contribution in [3.63, 3.8) is 0 Å². The Morgan fingerprint density at radius 2 is 2.00 bits per heavy atom. The number of anilines is 1. The molecular weight excluding hydrogens is 354 g/mol. The predicted molar refractivity (Wildman–Crippen MR) is 88.6 cm³/mol. The number of sulfonamides is 1. The summed E-state index contributed by atoms with van der Waals surface area (Å²) in [6, 6.07) is 4.91. The summed E-state index contributed by atoms with van der Waals surface area (Å²) in [7, 11) is -3.52. The molecule has 0 aliphatic carbocycles. The number of nitrogens with zero attached hydrogens (tertiary/aromatic N) is 1. The number of likely N-dealkylation sites (tertiary alicyclic amines) is 1. The standard InChI is InChI=1S/C14H22BrN3O2S/c1-11(18-7-3-2-4-8-18)10-17-21(19,20)14-6-5-12(16)9-13(14)15/h5-6,9,11,17H,2-4,7-8,10,16H2,1H3. The van der Waals surface area contributed by atoms with E-state index in [4.69, 9.17) is 5.73 Å². The molecule has 1 heterocycles. The lowest BCUT2D eigenvalue weighted by molar-refractivity contribution is 0.175. The Hall–Kier alpha value is -0.630. The molecule has 0 amide bonds. The van der Waals surface area contributed by atoms with Crippen molar-refractivity contribution in [3.8, 4) is 0 Å². The van der Waals surface area contributed by atoms with Crippen LogP contribution in [0.5, 0.6) is 0 Å². The fraction of sp³-hybridized carbons (Fsp3) is 0.571. The number of hydrogen-bond acceptors (Lipinski definition) is 4. The van der Waals surface area contributed by atoms with Crippen molar-refractivity contribution in [1.29, 1.82) is 0 Å². The minimum atomic E-state index is -3.52. The Balaban J connectivity index is 2.00. The molecule has 0 aromatic heterocycles. The summed E-state index contributed by atoms with van der Waals surface area (Å²) < 4.78 is 27.9. The van der Waals surface area contributed by atoms with E-state index < -0.39 is 10.0 Å². The van der Waals surface area contributed by atoms with E-state index in [2.05, 4.69) is 32.5 Å². The number of hydrogen-bond donors (Lipinski definition) is 2. The van der Waals surface area contributed by atoms with E-state index in [9.17, 15) is 8.42 Å². The first-order chi connectivity index (χ1) is 9.90. The van der Waals surface area contributed by atoms with Crippen LogP contribution in [0.4, 0.5) is 5.69 Å². The largest absolute Gasteiger partial charge is 0.399 e. The summed E-state index contributed by atoms with van der Waals surface area (Å²) in [5, 5.41) is 0. The summed E-state index contributed by atoms with van der Waals surface area (Å²) in [6.07, 6.45) is 3.66. The van der Waals surface area contributed by atoms with E-state index in [0.29, 0.717) is 16.7 Å². The maximum Gasteiger partial charge on any atom is 0.241 e. The first kappa shape index (κ1) is 16.7. The number of halogens is 1. The lowest BCUT2D eigenvalue weighted by Crippen LogP contribution is -2.44. The number of rotatable bonds is 5. The van der Waals surface area contributed by atoms with Crippen LogP contribution in [0.25, 0.3) is 0 Å². The van der Waals surface area contributed by atoms with Crippen LogP contribution >= 0.6 is 15.9 Å². The van der Waals surface area contributed by atoms with Crippen molar-refractivity contribution in [1.82, 2.24) is 9.62 Å². The summed E-state index contributed by atoms with van der Waals surface area (Å²) in [4.78, 5) is 2.56. The molecule has 3 N–H and O–H groups in total. The molecule has 1 atom stereocenters. The Bertz CT molecular complexity index is 586. The molecule has 21 heavy (non-hydrogen) atoms. The highest BCUT2D eigenvalue weighted by atomic mass is 79.9. The molecule has 118 valence electrons. The molecule has 0 saturated carbocycles. The van der Waals surface area contributed by atoms with Crippen LogP contribution in [-0.4, -0.2) is 39.0 Å². The van der Waals surface area contributed by atoms with E-state index in [1.165, 1.54) is 25.3 Å². The SMILES string of the molecule is CC(CNS(=O)(=O)c1ccc(N)cc1Br)N1CCCCC1. The van der Waals surface area contributed by atoms with Gasteiger partial charge in [0, 0.05) is 22.7 Å². The van der Waals surface area contributed by atoms with Gasteiger partial charge in [-0.1, -0.05) is 6.42 Å². The molecule has 1 saturated heterocycles. The monoisotopic (exact) mass is 375 g/mol. The molecule has 1 aromatic carbocycles. The highest BCUT2D eigenvalue weighted by Gasteiger charge is 2.21. The average molecular weight is 376 g/mol. The van der Waals surface area contributed by atoms with E-state index in [-0.39, 0.29) is 10.9 Å². The molecule has 1 unspecified atom stereocenters. The van der Waals surface area contributed by atoms with Gasteiger partial charge in [0.25, 0.3) is 0 Å². The summed E-state index contributed by atoms with van der Waals surface area (Å²) in [5.74, 6) is 0. The van der Waals surface area contributed by atoms with Crippen molar-refractivity contribution in [2.45, 2.75) is 37.1 Å². The molecule has 0 bridgehead atoms. The molecule has 1 fully saturated rings. The number of nitrogens with one attached hydrogen (secondary N) is 1. The Labute approximate surface area is 135 Å². The van der Waals surface area contributed by atoms with Crippen LogP contribution in [0.1, 0.15) is 26.2 Å². The molecule has 1 aliphatic heterocycles. The fourth-order valence-electron chi connectivity index (χ4n) is 2.53. The average Bonchev–Trinajstić information content (AvgIpc) is 2.45. The second-order valence-electron chi connectivity index (χ2n) is 5.49. The lowest BCUT2D eigenvalue weighted by atomic mass is 10.1. The Kier molecular flexibility index (Phi) is 5.65. The molecule has 0 spiro atoms. The quantitative estimate of drug-likeness (QED) is 0.773. The molecule has 5 nitrogen and oxygen atoms in total.